The molecule has 114 valence electrons. The number of carboxylic acids is 1. The van der Waals surface area contributed by atoms with Gasteiger partial charge in [-0.05, 0) is 68.2 Å². The van der Waals surface area contributed by atoms with Crippen LogP contribution in [0.3, 0.4) is 0 Å². The van der Waals surface area contributed by atoms with Gasteiger partial charge in [0.05, 0.1) is 5.92 Å². The maximum atomic E-state index is 11.0. The summed E-state index contributed by atoms with van der Waals surface area (Å²) in [6.07, 6.45) is 7.06. The van der Waals surface area contributed by atoms with Gasteiger partial charge in [-0.3, -0.25) is 4.79 Å². The van der Waals surface area contributed by atoms with Crippen LogP contribution in [0.5, 0.6) is 0 Å². The highest BCUT2D eigenvalue weighted by atomic mass is 79.9. The third-order valence-corrected chi connectivity index (χ3v) is 5.44. The highest BCUT2D eigenvalue weighted by Gasteiger charge is 2.28. The summed E-state index contributed by atoms with van der Waals surface area (Å²) in [6.45, 7) is 0. The molecule has 1 unspecified atom stereocenters. The van der Waals surface area contributed by atoms with E-state index < -0.39 is 5.97 Å². The molecule has 0 spiro atoms. The molecule has 1 saturated carbocycles. The van der Waals surface area contributed by atoms with E-state index in [-0.39, 0.29) is 5.92 Å². The van der Waals surface area contributed by atoms with E-state index in [1.807, 2.05) is 0 Å². The van der Waals surface area contributed by atoms with E-state index >= 15 is 0 Å². The normalized spacial score (nSPS) is 28.9. The van der Waals surface area contributed by atoms with Crippen molar-refractivity contribution in [3.8, 4) is 0 Å². The Hall–Kier alpha value is -0.870. The Labute approximate surface area is 134 Å². The molecule has 2 aliphatic rings. The summed E-state index contributed by atoms with van der Waals surface area (Å²) in [4.78, 5) is 11.0. The maximum absolute atomic E-state index is 11.0. The smallest absolute Gasteiger partial charge is 0.306 e. The average molecular weight is 352 g/mol. The summed E-state index contributed by atoms with van der Waals surface area (Å²) in [5.41, 5.74) is 2.93. The fourth-order valence-corrected chi connectivity index (χ4v) is 4.11. The van der Waals surface area contributed by atoms with Crippen LogP contribution in [0.1, 0.15) is 43.2 Å². The third-order valence-electron chi connectivity index (χ3n) is 4.94. The second kappa shape index (κ2) is 6.49. The number of carbonyl (C=O) groups is 1. The van der Waals surface area contributed by atoms with Gasteiger partial charge >= 0.3 is 5.97 Å². The number of hydrogen-bond acceptors (Lipinski definition) is 2. The molecule has 1 aromatic rings. The molecule has 3 nitrogen and oxygen atoms in total. The zero-order chi connectivity index (χ0) is 14.8. The van der Waals surface area contributed by atoms with Crippen molar-refractivity contribution in [1.29, 1.82) is 0 Å². The van der Waals surface area contributed by atoms with E-state index in [1.54, 1.807) is 0 Å². The van der Waals surface area contributed by atoms with Crippen molar-refractivity contribution < 1.29 is 9.90 Å². The molecule has 1 aromatic carbocycles. The standard InChI is InChI=1S/C17H22BrNO2/c18-14-5-1-13-10-16(8-4-12(13)9-14)19-15-6-2-11(3-7-15)17(20)21/h1,5,9,11,15-16,19H,2-4,6-8,10H2,(H,20,21). The number of fused-ring (bicyclic) bond motifs is 1. The molecule has 0 bridgehead atoms. The molecule has 3 rings (SSSR count). The minimum Gasteiger partial charge on any atom is -0.481 e. The van der Waals surface area contributed by atoms with E-state index in [2.05, 4.69) is 39.4 Å². The van der Waals surface area contributed by atoms with Crippen LogP contribution >= 0.6 is 15.9 Å². The Kier molecular flexibility index (Phi) is 4.65. The van der Waals surface area contributed by atoms with E-state index in [9.17, 15) is 4.79 Å². The van der Waals surface area contributed by atoms with Gasteiger partial charge in [0.15, 0.2) is 0 Å². The van der Waals surface area contributed by atoms with Crippen molar-refractivity contribution in [2.45, 2.75) is 57.0 Å². The van der Waals surface area contributed by atoms with Gasteiger partial charge in [-0.1, -0.05) is 22.0 Å². The molecule has 0 radical (unpaired) electrons. The van der Waals surface area contributed by atoms with Crippen LogP contribution in [0.25, 0.3) is 0 Å². The number of halogens is 1. The lowest BCUT2D eigenvalue weighted by Crippen LogP contribution is -2.43. The van der Waals surface area contributed by atoms with Crippen molar-refractivity contribution in [2.24, 2.45) is 5.92 Å². The first kappa shape index (κ1) is 15.0. The number of carboxylic acid groups (broad SMARTS) is 1. The predicted octanol–water partition coefficient (Wildman–Crippen LogP) is 3.54. The summed E-state index contributed by atoms with van der Waals surface area (Å²) < 4.78 is 1.17. The quantitative estimate of drug-likeness (QED) is 0.875. The second-order valence-electron chi connectivity index (χ2n) is 6.41. The Morgan fingerprint density at radius 1 is 1.10 bits per heavy atom. The third kappa shape index (κ3) is 3.67. The number of rotatable bonds is 3. The molecule has 4 heteroatoms. The largest absolute Gasteiger partial charge is 0.481 e. The van der Waals surface area contributed by atoms with Gasteiger partial charge < -0.3 is 10.4 Å². The minimum atomic E-state index is -0.620. The van der Waals surface area contributed by atoms with Crippen molar-refractivity contribution >= 4 is 21.9 Å². The summed E-state index contributed by atoms with van der Waals surface area (Å²) >= 11 is 3.54. The highest BCUT2D eigenvalue weighted by molar-refractivity contribution is 9.10. The topological polar surface area (TPSA) is 49.3 Å². The van der Waals surface area contributed by atoms with E-state index in [1.165, 1.54) is 22.0 Å². The van der Waals surface area contributed by atoms with E-state index in [0.717, 1.165) is 38.5 Å². The Bertz CT molecular complexity index is 524. The lowest BCUT2D eigenvalue weighted by Gasteiger charge is -2.33. The van der Waals surface area contributed by atoms with Gasteiger partial charge in [0, 0.05) is 16.6 Å². The van der Waals surface area contributed by atoms with Crippen molar-refractivity contribution in [1.82, 2.24) is 5.32 Å². The molecule has 2 N–H and O–H groups in total. The first-order chi connectivity index (χ1) is 10.1. The van der Waals surface area contributed by atoms with Crippen LogP contribution in [-0.2, 0) is 17.6 Å². The molecule has 0 aliphatic heterocycles. The fourth-order valence-electron chi connectivity index (χ4n) is 3.71. The molecule has 0 heterocycles. The number of hydrogen-bond donors (Lipinski definition) is 2. The maximum Gasteiger partial charge on any atom is 0.306 e. The molecule has 0 saturated heterocycles. The van der Waals surface area contributed by atoms with Gasteiger partial charge in [0.1, 0.15) is 0 Å². The second-order valence-corrected chi connectivity index (χ2v) is 7.32. The average Bonchev–Trinajstić information content (AvgIpc) is 2.48. The molecule has 21 heavy (non-hydrogen) atoms. The number of benzene rings is 1. The monoisotopic (exact) mass is 351 g/mol. The summed E-state index contributed by atoms with van der Waals surface area (Å²) in [6, 6.07) is 7.64. The molecule has 2 aliphatic carbocycles. The highest BCUT2D eigenvalue weighted by Crippen LogP contribution is 2.28. The SMILES string of the molecule is O=C(O)C1CCC(NC2CCc3cc(Br)ccc3C2)CC1. The number of aliphatic carboxylic acids is 1. The Morgan fingerprint density at radius 3 is 2.57 bits per heavy atom. The first-order valence-corrected chi connectivity index (χ1v) is 8.67. The van der Waals surface area contributed by atoms with Crippen LogP contribution in [0.4, 0.5) is 0 Å². The van der Waals surface area contributed by atoms with Gasteiger partial charge in [0.2, 0.25) is 0 Å². The zero-order valence-corrected chi connectivity index (χ0v) is 13.7. The lowest BCUT2D eigenvalue weighted by molar-refractivity contribution is -0.142. The first-order valence-electron chi connectivity index (χ1n) is 7.88. The molecule has 1 fully saturated rings. The number of aryl methyl sites for hydroxylation is 1. The van der Waals surface area contributed by atoms with Crippen LogP contribution in [-0.4, -0.2) is 23.2 Å². The van der Waals surface area contributed by atoms with Crippen LogP contribution < -0.4 is 5.32 Å². The van der Waals surface area contributed by atoms with E-state index in [4.69, 9.17) is 5.11 Å². The predicted molar refractivity (Wildman–Crippen MR) is 86.5 cm³/mol. The van der Waals surface area contributed by atoms with Crippen LogP contribution in [0.15, 0.2) is 22.7 Å². The number of nitrogens with one attached hydrogen (secondary N) is 1. The van der Waals surface area contributed by atoms with Gasteiger partial charge in [-0.25, -0.2) is 0 Å². The van der Waals surface area contributed by atoms with Crippen molar-refractivity contribution in [3.05, 3.63) is 33.8 Å². The molecule has 0 amide bonds. The Morgan fingerprint density at radius 2 is 1.86 bits per heavy atom. The Balaban J connectivity index is 1.53. The van der Waals surface area contributed by atoms with Crippen molar-refractivity contribution in [3.63, 3.8) is 0 Å². The van der Waals surface area contributed by atoms with Crippen molar-refractivity contribution in [2.75, 3.05) is 0 Å². The van der Waals surface area contributed by atoms with Gasteiger partial charge in [0.25, 0.3) is 0 Å². The summed E-state index contributed by atoms with van der Waals surface area (Å²) in [7, 11) is 0. The lowest BCUT2D eigenvalue weighted by atomic mass is 9.84. The summed E-state index contributed by atoms with van der Waals surface area (Å²) in [5, 5.41) is 12.8. The van der Waals surface area contributed by atoms with Gasteiger partial charge in [-0.15, -0.1) is 0 Å². The van der Waals surface area contributed by atoms with Crippen LogP contribution in [0, 0.1) is 5.92 Å². The molecular weight excluding hydrogens is 330 g/mol. The fraction of sp³-hybridized carbons (Fsp3) is 0.588. The minimum absolute atomic E-state index is 0.118. The molecular formula is C17H22BrNO2. The van der Waals surface area contributed by atoms with Gasteiger partial charge in [-0.2, -0.15) is 0 Å². The molecule has 1 atom stereocenters. The van der Waals surface area contributed by atoms with Crippen LogP contribution in [0.2, 0.25) is 0 Å². The zero-order valence-electron chi connectivity index (χ0n) is 12.1. The molecule has 0 aromatic heterocycles. The summed E-state index contributed by atoms with van der Waals surface area (Å²) in [5.74, 6) is -0.738. The van der Waals surface area contributed by atoms with E-state index in [0.29, 0.717) is 12.1 Å².